The molecule has 18 heavy (non-hydrogen) atoms. The smallest absolute Gasteiger partial charge is 0.255 e. The third-order valence-electron chi connectivity index (χ3n) is 2.42. The van der Waals surface area contributed by atoms with Crippen molar-refractivity contribution in [2.45, 2.75) is 0 Å². The topological polar surface area (TPSA) is 17.1 Å². The van der Waals surface area contributed by atoms with Gasteiger partial charge in [0.15, 0.2) is 0 Å². The first-order chi connectivity index (χ1) is 8.49. The zero-order valence-corrected chi connectivity index (χ0v) is 11.2. The predicted molar refractivity (Wildman–Crippen MR) is 72.0 cm³/mol. The second-order valence-corrected chi connectivity index (χ2v) is 4.78. The molecule has 0 amide bonds. The van der Waals surface area contributed by atoms with Gasteiger partial charge < -0.3 is 0 Å². The molecule has 0 aliphatic carbocycles. The van der Waals surface area contributed by atoms with Gasteiger partial charge >= 0.3 is 0 Å². The minimum absolute atomic E-state index is 0.180. The van der Waals surface area contributed by atoms with E-state index in [0.29, 0.717) is 21.2 Å². The highest BCUT2D eigenvalue weighted by atomic mass is 35.5. The van der Waals surface area contributed by atoms with E-state index in [1.165, 1.54) is 18.2 Å². The van der Waals surface area contributed by atoms with Gasteiger partial charge in [0, 0.05) is 15.6 Å². The SMILES string of the molecule is O=C(Cl)c1cc(-c2ccc(Cl)cc2Cl)ccc1F. The monoisotopic (exact) mass is 302 g/mol. The van der Waals surface area contributed by atoms with Gasteiger partial charge in [-0.05, 0) is 41.4 Å². The number of carbonyl (C=O) groups is 1. The summed E-state index contributed by atoms with van der Waals surface area (Å²) in [4.78, 5) is 11.1. The molecule has 0 saturated heterocycles. The normalized spacial score (nSPS) is 10.4. The lowest BCUT2D eigenvalue weighted by molar-refractivity contribution is 0.107. The molecule has 0 atom stereocenters. The molecule has 5 heteroatoms. The Kier molecular flexibility index (Phi) is 3.91. The van der Waals surface area contributed by atoms with E-state index in [-0.39, 0.29) is 5.56 Å². The molecule has 0 spiro atoms. The summed E-state index contributed by atoms with van der Waals surface area (Å²) in [6.07, 6.45) is 0. The fourth-order valence-electron chi connectivity index (χ4n) is 1.57. The molecule has 0 bridgehead atoms. The Morgan fingerprint density at radius 2 is 1.78 bits per heavy atom. The van der Waals surface area contributed by atoms with Crippen molar-refractivity contribution in [3.05, 3.63) is 57.8 Å². The lowest BCUT2D eigenvalue weighted by atomic mass is 10.0. The van der Waals surface area contributed by atoms with Crippen molar-refractivity contribution < 1.29 is 9.18 Å². The van der Waals surface area contributed by atoms with Crippen molar-refractivity contribution in [1.82, 2.24) is 0 Å². The minimum Gasteiger partial charge on any atom is -0.275 e. The van der Waals surface area contributed by atoms with Crippen LogP contribution in [0.1, 0.15) is 10.4 Å². The molecule has 0 fully saturated rings. The fraction of sp³-hybridized carbons (Fsp3) is 0. The Hall–Kier alpha value is -1.09. The first-order valence-electron chi connectivity index (χ1n) is 4.94. The van der Waals surface area contributed by atoms with E-state index >= 15 is 0 Å². The van der Waals surface area contributed by atoms with Crippen LogP contribution in [0.3, 0.4) is 0 Å². The summed E-state index contributed by atoms with van der Waals surface area (Å²) in [6, 6.07) is 8.99. The van der Waals surface area contributed by atoms with Crippen molar-refractivity contribution in [1.29, 1.82) is 0 Å². The van der Waals surface area contributed by atoms with E-state index in [9.17, 15) is 9.18 Å². The van der Waals surface area contributed by atoms with E-state index in [2.05, 4.69) is 0 Å². The maximum absolute atomic E-state index is 13.3. The van der Waals surface area contributed by atoms with Crippen molar-refractivity contribution >= 4 is 40.0 Å². The van der Waals surface area contributed by atoms with Crippen molar-refractivity contribution in [2.24, 2.45) is 0 Å². The van der Waals surface area contributed by atoms with Gasteiger partial charge in [0.25, 0.3) is 5.24 Å². The maximum Gasteiger partial charge on any atom is 0.255 e. The largest absolute Gasteiger partial charge is 0.275 e. The summed E-state index contributed by atoms with van der Waals surface area (Å²) in [5, 5.41) is 0.0704. The third kappa shape index (κ3) is 2.66. The minimum atomic E-state index is -0.848. The van der Waals surface area contributed by atoms with E-state index < -0.39 is 11.1 Å². The first kappa shape index (κ1) is 13.3. The molecule has 0 radical (unpaired) electrons. The van der Waals surface area contributed by atoms with Gasteiger partial charge in [-0.25, -0.2) is 4.39 Å². The van der Waals surface area contributed by atoms with Crippen LogP contribution in [0.5, 0.6) is 0 Å². The number of hydrogen-bond donors (Lipinski definition) is 0. The summed E-state index contributed by atoms with van der Waals surface area (Å²) in [6.45, 7) is 0. The Morgan fingerprint density at radius 3 is 2.39 bits per heavy atom. The summed E-state index contributed by atoms with van der Waals surface area (Å²) in [5.74, 6) is -0.663. The van der Waals surface area contributed by atoms with Crippen LogP contribution in [0, 0.1) is 5.82 Å². The zero-order chi connectivity index (χ0) is 13.3. The third-order valence-corrected chi connectivity index (χ3v) is 3.17. The first-order valence-corrected chi connectivity index (χ1v) is 6.07. The lowest BCUT2D eigenvalue weighted by Crippen LogP contribution is -1.95. The number of rotatable bonds is 2. The zero-order valence-electron chi connectivity index (χ0n) is 8.88. The molecular weight excluding hydrogens is 297 g/mol. The van der Waals surface area contributed by atoms with E-state index in [4.69, 9.17) is 34.8 Å². The van der Waals surface area contributed by atoms with Crippen LogP contribution in [0.25, 0.3) is 11.1 Å². The number of halogens is 4. The van der Waals surface area contributed by atoms with Crippen molar-refractivity contribution in [2.75, 3.05) is 0 Å². The summed E-state index contributed by atoms with van der Waals surface area (Å²) in [5.41, 5.74) is 1.07. The van der Waals surface area contributed by atoms with Crippen LogP contribution in [0.4, 0.5) is 4.39 Å². The van der Waals surface area contributed by atoms with Crippen molar-refractivity contribution in [3.63, 3.8) is 0 Å². The van der Waals surface area contributed by atoms with Gasteiger partial charge in [-0.3, -0.25) is 4.79 Å². The quantitative estimate of drug-likeness (QED) is 0.699. The molecule has 2 rings (SSSR count). The van der Waals surface area contributed by atoms with Gasteiger partial charge in [0.05, 0.1) is 5.56 Å². The number of carbonyl (C=O) groups excluding carboxylic acids is 1. The van der Waals surface area contributed by atoms with Gasteiger partial charge in [-0.15, -0.1) is 0 Å². The van der Waals surface area contributed by atoms with E-state index in [1.807, 2.05) is 0 Å². The molecule has 0 N–H and O–H groups in total. The standard InChI is InChI=1S/C13H6Cl3FO/c14-8-2-3-9(11(15)6-8)7-1-4-12(17)10(5-7)13(16)18/h1-6H. The molecule has 2 aromatic carbocycles. The van der Waals surface area contributed by atoms with E-state index in [0.717, 1.165) is 0 Å². The molecule has 1 nitrogen and oxygen atoms in total. The summed E-state index contributed by atoms with van der Waals surface area (Å²) in [7, 11) is 0. The Morgan fingerprint density at radius 1 is 1.06 bits per heavy atom. The van der Waals surface area contributed by atoms with Crippen LogP contribution in [-0.2, 0) is 0 Å². The van der Waals surface area contributed by atoms with Gasteiger partial charge in [0.1, 0.15) is 5.82 Å². The average Bonchev–Trinajstić information content (AvgIpc) is 2.30. The summed E-state index contributed by atoms with van der Waals surface area (Å²) < 4.78 is 13.3. The average molecular weight is 304 g/mol. The maximum atomic E-state index is 13.3. The van der Waals surface area contributed by atoms with Gasteiger partial charge in [0.2, 0.25) is 0 Å². The molecular formula is C13H6Cl3FO. The number of benzene rings is 2. The molecule has 92 valence electrons. The predicted octanol–water partition coefficient (Wildman–Crippen LogP) is 5.18. The van der Waals surface area contributed by atoms with Crippen LogP contribution in [-0.4, -0.2) is 5.24 Å². The molecule has 0 heterocycles. The summed E-state index contributed by atoms with van der Waals surface area (Å²) >= 11 is 17.1. The molecule has 0 aliphatic rings. The highest BCUT2D eigenvalue weighted by Crippen LogP contribution is 2.31. The molecule has 2 aromatic rings. The highest BCUT2D eigenvalue weighted by Gasteiger charge is 2.12. The molecule has 0 unspecified atom stereocenters. The number of hydrogen-bond acceptors (Lipinski definition) is 1. The Bertz CT molecular complexity index is 626. The van der Waals surface area contributed by atoms with Gasteiger partial charge in [-0.1, -0.05) is 35.3 Å². The van der Waals surface area contributed by atoms with Gasteiger partial charge in [-0.2, -0.15) is 0 Å². The fourth-order valence-corrected chi connectivity index (χ4v) is 2.23. The van der Waals surface area contributed by atoms with Crippen molar-refractivity contribution in [3.8, 4) is 11.1 Å². The Labute approximate surface area is 118 Å². The molecule has 0 aliphatic heterocycles. The van der Waals surface area contributed by atoms with Crippen LogP contribution < -0.4 is 0 Å². The van der Waals surface area contributed by atoms with Crippen LogP contribution in [0.2, 0.25) is 10.0 Å². The van der Waals surface area contributed by atoms with E-state index in [1.54, 1.807) is 18.2 Å². The molecule has 0 aromatic heterocycles. The Balaban J connectivity index is 2.58. The highest BCUT2D eigenvalue weighted by molar-refractivity contribution is 6.67. The van der Waals surface area contributed by atoms with Crippen LogP contribution in [0.15, 0.2) is 36.4 Å². The lowest BCUT2D eigenvalue weighted by Gasteiger charge is -2.06. The molecule has 0 saturated carbocycles. The second-order valence-electron chi connectivity index (χ2n) is 3.59. The second kappa shape index (κ2) is 5.27. The van der Waals surface area contributed by atoms with Crippen LogP contribution >= 0.6 is 34.8 Å².